The van der Waals surface area contributed by atoms with Gasteiger partial charge in [-0.25, -0.2) is 4.79 Å². The molecule has 1 aliphatic rings. The van der Waals surface area contributed by atoms with Gasteiger partial charge in [-0.05, 0) is 19.1 Å². The predicted molar refractivity (Wildman–Crippen MR) is 68.7 cm³/mol. The first-order chi connectivity index (χ1) is 9.50. The zero-order valence-electron chi connectivity index (χ0n) is 11.4. The van der Waals surface area contributed by atoms with Crippen molar-refractivity contribution in [2.45, 2.75) is 12.5 Å². The molecule has 1 amide bonds. The molecule has 0 aliphatic carbocycles. The standard InChI is InChI=1S/C13H15NO6/c1-4-20-12(16)13(17)7-5-6-8(18-2)10(19-3)9(7)14-11(13)15/h5-6,17H,4H2,1-3H3,(H,14,15). The van der Waals surface area contributed by atoms with Gasteiger partial charge >= 0.3 is 5.97 Å². The molecule has 0 spiro atoms. The quantitative estimate of drug-likeness (QED) is 0.613. The molecule has 108 valence electrons. The van der Waals surface area contributed by atoms with Crippen molar-refractivity contribution in [3.8, 4) is 11.5 Å². The molecule has 1 heterocycles. The highest BCUT2D eigenvalue weighted by Crippen LogP contribution is 2.46. The number of hydrogen-bond donors (Lipinski definition) is 2. The van der Waals surface area contributed by atoms with E-state index in [0.717, 1.165) is 0 Å². The number of carbonyl (C=O) groups is 2. The number of rotatable bonds is 4. The Bertz CT molecular complexity index is 570. The summed E-state index contributed by atoms with van der Waals surface area (Å²) < 4.78 is 15.0. The van der Waals surface area contributed by atoms with Gasteiger partial charge in [0.25, 0.3) is 11.5 Å². The van der Waals surface area contributed by atoms with E-state index >= 15 is 0 Å². The molecule has 2 rings (SSSR count). The van der Waals surface area contributed by atoms with E-state index in [1.165, 1.54) is 26.4 Å². The lowest BCUT2D eigenvalue weighted by Gasteiger charge is -2.18. The predicted octanol–water partition coefficient (Wildman–Crippen LogP) is 0.407. The first-order valence-electron chi connectivity index (χ1n) is 5.97. The van der Waals surface area contributed by atoms with Crippen molar-refractivity contribution in [1.82, 2.24) is 0 Å². The van der Waals surface area contributed by atoms with Crippen LogP contribution in [0.4, 0.5) is 5.69 Å². The van der Waals surface area contributed by atoms with Crippen LogP contribution < -0.4 is 14.8 Å². The molecule has 20 heavy (non-hydrogen) atoms. The molecular formula is C13H15NO6. The summed E-state index contributed by atoms with van der Waals surface area (Å²) in [6.45, 7) is 1.64. The van der Waals surface area contributed by atoms with Crippen molar-refractivity contribution in [2.75, 3.05) is 26.1 Å². The molecule has 0 bridgehead atoms. The summed E-state index contributed by atoms with van der Waals surface area (Å²) in [6, 6.07) is 2.92. The molecule has 0 fully saturated rings. The number of anilines is 1. The number of nitrogens with one attached hydrogen (secondary N) is 1. The maximum absolute atomic E-state index is 12.0. The minimum atomic E-state index is -2.37. The molecule has 1 atom stereocenters. The van der Waals surface area contributed by atoms with Crippen LogP contribution in [-0.2, 0) is 19.9 Å². The van der Waals surface area contributed by atoms with Crippen LogP contribution in [0.3, 0.4) is 0 Å². The van der Waals surface area contributed by atoms with E-state index in [1.54, 1.807) is 6.92 Å². The summed E-state index contributed by atoms with van der Waals surface area (Å²) in [7, 11) is 2.84. The number of ether oxygens (including phenoxy) is 3. The molecule has 0 saturated heterocycles. The summed E-state index contributed by atoms with van der Waals surface area (Å²) in [6.07, 6.45) is 0. The minimum Gasteiger partial charge on any atom is -0.493 e. The number of methoxy groups -OCH3 is 2. The van der Waals surface area contributed by atoms with E-state index in [2.05, 4.69) is 5.32 Å². The van der Waals surface area contributed by atoms with Crippen LogP contribution in [0, 0.1) is 0 Å². The number of esters is 1. The van der Waals surface area contributed by atoms with Crippen LogP contribution in [-0.4, -0.2) is 37.8 Å². The van der Waals surface area contributed by atoms with E-state index in [-0.39, 0.29) is 23.6 Å². The van der Waals surface area contributed by atoms with Crippen molar-refractivity contribution >= 4 is 17.6 Å². The number of hydrogen-bond acceptors (Lipinski definition) is 6. The van der Waals surface area contributed by atoms with Gasteiger partial charge in [0.15, 0.2) is 11.5 Å². The fraction of sp³-hybridized carbons (Fsp3) is 0.385. The van der Waals surface area contributed by atoms with Crippen molar-refractivity contribution < 1.29 is 28.9 Å². The molecule has 1 aromatic carbocycles. The van der Waals surface area contributed by atoms with Crippen LogP contribution in [0.5, 0.6) is 11.5 Å². The van der Waals surface area contributed by atoms with E-state index < -0.39 is 17.5 Å². The van der Waals surface area contributed by atoms with Crippen molar-refractivity contribution in [2.24, 2.45) is 0 Å². The Balaban J connectivity index is 2.60. The molecule has 1 unspecified atom stereocenters. The van der Waals surface area contributed by atoms with Crippen LogP contribution in [0.15, 0.2) is 12.1 Å². The molecule has 7 heteroatoms. The Morgan fingerprint density at radius 3 is 2.60 bits per heavy atom. The van der Waals surface area contributed by atoms with Gasteiger partial charge in [0, 0.05) is 5.56 Å². The third-order valence-corrected chi connectivity index (χ3v) is 3.07. The fourth-order valence-corrected chi connectivity index (χ4v) is 2.12. The Hall–Kier alpha value is -2.28. The van der Waals surface area contributed by atoms with E-state index in [9.17, 15) is 14.7 Å². The smallest absolute Gasteiger partial charge is 0.353 e. The largest absolute Gasteiger partial charge is 0.493 e. The van der Waals surface area contributed by atoms with Gasteiger partial charge in [0.05, 0.1) is 26.5 Å². The van der Waals surface area contributed by atoms with Crippen LogP contribution >= 0.6 is 0 Å². The summed E-state index contributed by atoms with van der Waals surface area (Å²) >= 11 is 0. The third kappa shape index (κ3) is 1.78. The van der Waals surface area contributed by atoms with E-state index in [1.807, 2.05) is 0 Å². The molecule has 0 saturated carbocycles. The van der Waals surface area contributed by atoms with Crippen LogP contribution in [0.25, 0.3) is 0 Å². The number of aliphatic hydroxyl groups is 1. The zero-order chi connectivity index (χ0) is 14.9. The van der Waals surface area contributed by atoms with Gasteiger partial charge < -0.3 is 24.6 Å². The molecule has 7 nitrogen and oxygen atoms in total. The Morgan fingerprint density at radius 2 is 2.05 bits per heavy atom. The molecule has 1 aromatic rings. The van der Waals surface area contributed by atoms with Crippen molar-refractivity contribution in [3.63, 3.8) is 0 Å². The van der Waals surface area contributed by atoms with E-state index in [4.69, 9.17) is 14.2 Å². The Morgan fingerprint density at radius 1 is 1.35 bits per heavy atom. The lowest BCUT2D eigenvalue weighted by Crippen LogP contribution is -2.43. The Labute approximate surface area is 115 Å². The monoisotopic (exact) mass is 281 g/mol. The molecule has 0 radical (unpaired) electrons. The summed E-state index contributed by atoms with van der Waals surface area (Å²) in [5.41, 5.74) is -2.09. The lowest BCUT2D eigenvalue weighted by molar-refractivity contribution is -0.169. The van der Waals surface area contributed by atoms with Crippen molar-refractivity contribution in [1.29, 1.82) is 0 Å². The Kier molecular flexibility index (Phi) is 3.54. The van der Waals surface area contributed by atoms with Gasteiger partial charge in [-0.2, -0.15) is 0 Å². The van der Waals surface area contributed by atoms with Crippen molar-refractivity contribution in [3.05, 3.63) is 17.7 Å². The average molecular weight is 281 g/mol. The second-order valence-corrected chi connectivity index (χ2v) is 4.11. The number of benzene rings is 1. The van der Waals surface area contributed by atoms with Crippen LogP contribution in [0.1, 0.15) is 12.5 Å². The highest BCUT2D eigenvalue weighted by Gasteiger charge is 2.54. The number of amides is 1. The minimum absolute atomic E-state index is 0.0526. The normalized spacial score (nSPS) is 20.1. The average Bonchev–Trinajstić information content (AvgIpc) is 2.71. The zero-order valence-corrected chi connectivity index (χ0v) is 11.4. The fourth-order valence-electron chi connectivity index (χ4n) is 2.12. The lowest BCUT2D eigenvalue weighted by atomic mass is 9.95. The third-order valence-electron chi connectivity index (χ3n) is 3.07. The maximum atomic E-state index is 12.0. The first kappa shape index (κ1) is 14.1. The summed E-state index contributed by atoms with van der Waals surface area (Å²) in [5.74, 6) is -1.29. The second kappa shape index (κ2) is 5.01. The van der Waals surface area contributed by atoms with Gasteiger partial charge in [-0.3, -0.25) is 4.79 Å². The molecule has 1 aliphatic heterocycles. The first-order valence-corrected chi connectivity index (χ1v) is 5.97. The van der Waals surface area contributed by atoms with E-state index in [0.29, 0.717) is 5.75 Å². The number of carbonyl (C=O) groups excluding carboxylic acids is 2. The highest BCUT2D eigenvalue weighted by atomic mass is 16.6. The molecule has 2 N–H and O–H groups in total. The topological polar surface area (TPSA) is 94.1 Å². The summed E-state index contributed by atoms with van der Waals surface area (Å²) in [5, 5.41) is 12.8. The van der Waals surface area contributed by atoms with Gasteiger partial charge in [-0.15, -0.1) is 0 Å². The summed E-state index contributed by atoms with van der Waals surface area (Å²) in [4.78, 5) is 23.9. The highest BCUT2D eigenvalue weighted by molar-refractivity contribution is 6.18. The van der Waals surface area contributed by atoms with Crippen LogP contribution in [0.2, 0.25) is 0 Å². The van der Waals surface area contributed by atoms with Gasteiger partial charge in [0.2, 0.25) is 0 Å². The van der Waals surface area contributed by atoms with Gasteiger partial charge in [-0.1, -0.05) is 0 Å². The molecular weight excluding hydrogens is 266 g/mol. The number of fused-ring (bicyclic) bond motifs is 1. The van der Waals surface area contributed by atoms with Gasteiger partial charge in [0.1, 0.15) is 0 Å². The SMILES string of the molecule is CCOC(=O)C1(O)C(=O)Nc2c1ccc(OC)c2OC. The molecule has 0 aromatic heterocycles. The maximum Gasteiger partial charge on any atom is 0.353 e. The second-order valence-electron chi connectivity index (χ2n) is 4.11.